The summed E-state index contributed by atoms with van der Waals surface area (Å²) in [6.45, 7) is 0. The predicted molar refractivity (Wildman–Crippen MR) is 130 cm³/mol. The minimum atomic E-state index is -3.83. The molecule has 3 rings (SSSR count). The lowest BCUT2D eigenvalue weighted by Gasteiger charge is -2.13. The molecule has 0 aliphatic carbocycles. The van der Waals surface area contributed by atoms with Crippen molar-refractivity contribution in [3.63, 3.8) is 0 Å². The molecule has 0 heterocycles. The lowest BCUT2D eigenvalue weighted by Crippen LogP contribution is -2.13. The summed E-state index contributed by atoms with van der Waals surface area (Å²) in [5.74, 6) is 1.99. The fourth-order valence-electron chi connectivity index (χ4n) is 3.19. The molecule has 0 fully saturated rings. The van der Waals surface area contributed by atoms with Gasteiger partial charge < -0.3 is 24.7 Å². The summed E-state index contributed by atoms with van der Waals surface area (Å²) in [6, 6.07) is 14.9. The zero-order chi connectivity index (χ0) is 24.0. The molecule has 0 bridgehead atoms. The van der Waals surface area contributed by atoms with E-state index in [2.05, 4.69) is 4.72 Å². The highest BCUT2D eigenvalue weighted by Crippen LogP contribution is 2.38. The first kappa shape index (κ1) is 23.8. The first-order valence-electron chi connectivity index (χ1n) is 9.85. The zero-order valence-corrected chi connectivity index (χ0v) is 19.6. The number of nitrogens with two attached hydrogens (primary N) is 1. The molecule has 0 unspecified atom stereocenters. The Bertz CT molecular complexity index is 1250. The standard InChI is InChI=1S/C24H26N2O6S/c1-29-21-11-10-19(15-20(21)25)33(27,28)26-18-7-5-6-16(12-18)8-9-17-13-22(30-2)24(32-4)23(14-17)31-3/h5-15,26H,25H2,1-4H3. The van der Waals surface area contributed by atoms with Crippen LogP contribution in [0.1, 0.15) is 11.1 Å². The van der Waals surface area contributed by atoms with E-state index in [9.17, 15) is 8.42 Å². The van der Waals surface area contributed by atoms with Crippen LogP contribution in [0.25, 0.3) is 12.2 Å². The normalized spacial score (nSPS) is 11.3. The Morgan fingerprint density at radius 3 is 1.97 bits per heavy atom. The summed E-state index contributed by atoms with van der Waals surface area (Å²) in [5.41, 5.74) is 8.11. The van der Waals surface area contributed by atoms with Gasteiger partial charge >= 0.3 is 0 Å². The van der Waals surface area contributed by atoms with E-state index >= 15 is 0 Å². The van der Waals surface area contributed by atoms with Gasteiger partial charge in [0.05, 0.1) is 39.0 Å². The van der Waals surface area contributed by atoms with Gasteiger partial charge in [-0.15, -0.1) is 0 Å². The van der Waals surface area contributed by atoms with Gasteiger partial charge in [0.25, 0.3) is 10.0 Å². The van der Waals surface area contributed by atoms with E-state index in [4.69, 9.17) is 24.7 Å². The maximum atomic E-state index is 12.8. The lowest BCUT2D eigenvalue weighted by molar-refractivity contribution is 0.324. The fourth-order valence-corrected chi connectivity index (χ4v) is 4.27. The van der Waals surface area contributed by atoms with Crippen molar-refractivity contribution in [1.82, 2.24) is 0 Å². The van der Waals surface area contributed by atoms with E-state index in [1.165, 1.54) is 25.3 Å². The number of ether oxygens (including phenoxy) is 4. The maximum absolute atomic E-state index is 12.8. The molecule has 0 atom stereocenters. The van der Waals surface area contributed by atoms with Crippen LogP contribution in [0.15, 0.2) is 59.5 Å². The van der Waals surface area contributed by atoms with Crippen LogP contribution >= 0.6 is 0 Å². The molecule has 0 radical (unpaired) electrons. The minimum absolute atomic E-state index is 0.0409. The Kier molecular flexibility index (Phi) is 7.34. The van der Waals surface area contributed by atoms with Crippen molar-refractivity contribution in [3.05, 3.63) is 65.7 Å². The molecular weight excluding hydrogens is 444 g/mol. The topological polar surface area (TPSA) is 109 Å². The van der Waals surface area contributed by atoms with Gasteiger partial charge in [0.2, 0.25) is 5.75 Å². The quantitative estimate of drug-likeness (QED) is 0.355. The van der Waals surface area contributed by atoms with E-state index in [0.717, 1.165) is 11.1 Å². The van der Waals surface area contributed by atoms with Gasteiger partial charge in [-0.25, -0.2) is 8.42 Å². The summed E-state index contributed by atoms with van der Waals surface area (Å²) >= 11 is 0. The highest BCUT2D eigenvalue weighted by molar-refractivity contribution is 7.92. The van der Waals surface area contributed by atoms with E-state index in [1.54, 1.807) is 39.5 Å². The van der Waals surface area contributed by atoms with Gasteiger partial charge in [0, 0.05) is 5.69 Å². The highest BCUT2D eigenvalue weighted by Gasteiger charge is 2.16. The summed E-state index contributed by atoms with van der Waals surface area (Å²) < 4.78 is 49.3. The number of benzene rings is 3. The van der Waals surface area contributed by atoms with Crippen LogP contribution in [0.5, 0.6) is 23.0 Å². The molecule has 9 heteroatoms. The number of nitrogen functional groups attached to an aromatic ring is 1. The Morgan fingerprint density at radius 2 is 1.39 bits per heavy atom. The Morgan fingerprint density at radius 1 is 0.758 bits per heavy atom. The molecule has 0 aliphatic rings. The summed E-state index contributed by atoms with van der Waals surface area (Å²) in [4.78, 5) is 0.0409. The zero-order valence-electron chi connectivity index (χ0n) is 18.8. The van der Waals surface area contributed by atoms with Crippen LogP contribution in [0.3, 0.4) is 0 Å². The molecule has 0 amide bonds. The Labute approximate surface area is 193 Å². The second-order valence-corrected chi connectivity index (χ2v) is 8.61. The summed E-state index contributed by atoms with van der Waals surface area (Å²) in [7, 11) is 2.29. The predicted octanol–water partition coefficient (Wildman–Crippen LogP) is 4.27. The number of sulfonamides is 1. The van der Waals surface area contributed by atoms with Crippen molar-refractivity contribution >= 4 is 33.6 Å². The molecule has 3 aromatic carbocycles. The van der Waals surface area contributed by atoms with Crippen LogP contribution < -0.4 is 29.4 Å². The molecule has 0 aliphatic heterocycles. The fraction of sp³-hybridized carbons (Fsp3) is 0.167. The van der Waals surface area contributed by atoms with E-state index in [0.29, 0.717) is 28.7 Å². The average Bonchev–Trinajstić information content (AvgIpc) is 2.81. The van der Waals surface area contributed by atoms with Crippen molar-refractivity contribution in [2.24, 2.45) is 0 Å². The average molecular weight is 471 g/mol. The number of hydrogen-bond acceptors (Lipinski definition) is 7. The van der Waals surface area contributed by atoms with E-state index < -0.39 is 10.0 Å². The summed E-state index contributed by atoms with van der Waals surface area (Å²) in [5, 5.41) is 0. The third-order valence-electron chi connectivity index (χ3n) is 4.81. The van der Waals surface area contributed by atoms with Crippen molar-refractivity contribution in [2.75, 3.05) is 38.9 Å². The smallest absolute Gasteiger partial charge is 0.261 e. The third kappa shape index (κ3) is 5.50. The first-order valence-corrected chi connectivity index (χ1v) is 11.3. The lowest BCUT2D eigenvalue weighted by atomic mass is 10.1. The molecule has 3 aromatic rings. The minimum Gasteiger partial charge on any atom is -0.495 e. The SMILES string of the molecule is COc1ccc(S(=O)(=O)Nc2cccc(C=Cc3cc(OC)c(OC)c(OC)c3)c2)cc1N. The number of nitrogens with one attached hydrogen (secondary N) is 1. The third-order valence-corrected chi connectivity index (χ3v) is 6.18. The molecule has 8 nitrogen and oxygen atoms in total. The van der Waals surface area contributed by atoms with Crippen LogP contribution in [-0.4, -0.2) is 36.9 Å². The Hall–Kier alpha value is -3.85. The van der Waals surface area contributed by atoms with Crippen molar-refractivity contribution in [2.45, 2.75) is 4.90 Å². The van der Waals surface area contributed by atoms with E-state index in [-0.39, 0.29) is 10.6 Å². The van der Waals surface area contributed by atoms with Gasteiger partial charge in [-0.05, 0) is 53.6 Å². The van der Waals surface area contributed by atoms with Gasteiger partial charge in [-0.1, -0.05) is 24.3 Å². The van der Waals surface area contributed by atoms with Crippen LogP contribution in [0.4, 0.5) is 11.4 Å². The van der Waals surface area contributed by atoms with E-state index in [1.807, 2.05) is 30.4 Å². The van der Waals surface area contributed by atoms with Crippen molar-refractivity contribution < 1.29 is 27.4 Å². The molecule has 33 heavy (non-hydrogen) atoms. The molecule has 3 N–H and O–H groups in total. The monoisotopic (exact) mass is 470 g/mol. The molecule has 0 saturated carbocycles. The Balaban J connectivity index is 1.84. The van der Waals surface area contributed by atoms with Crippen molar-refractivity contribution in [3.8, 4) is 23.0 Å². The maximum Gasteiger partial charge on any atom is 0.261 e. The van der Waals surface area contributed by atoms with Gasteiger partial charge in [-0.2, -0.15) is 0 Å². The largest absolute Gasteiger partial charge is 0.495 e. The number of rotatable bonds is 9. The number of hydrogen-bond donors (Lipinski definition) is 2. The number of methoxy groups -OCH3 is 4. The second kappa shape index (κ2) is 10.2. The van der Waals surface area contributed by atoms with Crippen molar-refractivity contribution in [1.29, 1.82) is 0 Å². The second-order valence-electron chi connectivity index (χ2n) is 6.93. The van der Waals surface area contributed by atoms with Gasteiger partial charge in [0.1, 0.15) is 5.75 Å². The highest BCUT2D eigenvalue weighted by atomic mass is 32.2. The number of anilines is 2. The van der Waals surface area contributed by atoms with Crippen LogP contribution in [-0.2, 0) is 10.0 Å². The molecule has 0 aromatic heterocycles. The van der Waals surface area contributed by atoms with Crippen LogP contribution in [0.2, 0.25) is 0 Å². The summed E-state index contributed by atoms with van der Waals surface area (Å²) in [6.07, 6.45) is 3.71. The molecule has 174 valence electrons. The van der Waals surface area contributed by atoms with Gasteiger partial charge in [-0.3, -0.25) is 4.72 Å². The van der Waals surface area contributed by atoms with Gasteiger partial charge in [0.15, 0.2) is 11.5 Å². The molecule has 0 spiro atoms. The first-order chi connectivity index (χ1) is 15.8. The molecule has 0 saturated heterocycles. The molecular formula is C24H26N2O6S. The van der Waals surface area contributed by atoms with Crippen LogP contribution in [0, 0.1) is 0 Å².